The van der Waals surface area contributed by atoms with Crippen molar-refractivity contribution in [3.05, 3.63) is 0 Å². The average molecular weight is 600 g/mol. The molecule has 0 aromatic heterocycles. The van der Waals surface area contributed by atoms with Crippen LogP contribution in [0.25, 0.3) is 0 Å². The van der Waals surface area contributed by atoms with Crippen LogP contribution in [0.4, 0.5) is 0 Å². The number of carbonyl (C=O) groups is 4. The van der Waals surface area contributed by atoms with Crippen LogP contribution >= 0.6 is 0 Å². The predicted octanol–water partition coefficient (Wildman–Crippen LogP) is 5.92. The van der Waals surface area contributed by atoms with Crippen molar-refractivity contribution in [1.82, 2.24) is 5.32 Å². The van der Waals surface area contributed by atoms with E-state index < -0.39 is 54.5 Å². The third kappa shape index (κ3) is 17.7. The van der Waals surface area contributed by atoms with Gasteiger partial charge in [-0.15, -0.1) is 0 Å². The van der Waals surface area contributed by atoms with E-state index in [0.717, 1.165) is 19.3 Å². The van der Waals surface area contributed by atoms with Gasteiger partial charge in [0, 0.05) is 34.3 Å². The highest BCUT2D eigenvalue weighted by molar-refractivity contribution is 5.73. The Balaban J connectivity index is 2.46. The molecule has 42 heavy (non-hydrogen) atoms. The molecule has 0 spiro atoms. The summed E-state index contributed by atoms with van der Waals surface area (Å²) in [5, 5.41) is 2.72. The molecular weight excluding hydrogens is 542 g/mol. The maximum Gasteiger partial charge on any atom is 0.303 e. The fourth-order valence-corrected chi connectivity index (χ4v) is 5.28. The van der Waals surface area contributed by atoms with Gasteiger partial charge in [-0.1, -0.05) is 103 Å². The lowest BCUT2D eigenvalue weighted by Crippen LogP contribution is -2.66. The summed E-state index contributed by atoms with van der Waals surface area (Å²) in [6, 6.07) is -0.926. The molecule has 1 amide bonds. The fourth-order valence-electron chi connectivity index (χ4n) is 5.28. The van der Waals surface area contributed by atoms with Gasteiger partial charge in [0.25, 0.3) is 0 Å². The quantitative estimate of drug-likeness (QED) is 0.0865. The Hall–Kier alpha value is -2.20. The van der Waals surface area contributed by atoms with Gasteiger partial charge in [0.05, 0.1) is 0 Å². The highest BCUT2D eigenvalue weighted by atomic mass is 16.7. The second-order valence-electron chi connectivity index (χ2n) is 11.4. The number of ether oxygens (including phenoxy) is 5. The minimum absolute atomic E-state index is 0.239. The molecule has 0 aromatic rings. The molecule has 244 valence electrons. The SMILES string of the molecule is CCCCCCCCCCCCCCCCCCOC1OC(COC(C)=O)C(OC(C)=O)C(OC(C)=O)C1NC(C)=O. The van der Waals surface area contributed by atoms with Crippen molar-refractivity contribution in [2.45, 2.75) is 168 Å². The van der Waals surface area contributed by atoms with Crippen molar-refractivity contribution < 1.29 is 42.9 Å². The van der Waals surface area contributed by atoms with E-state index in [9.17, 15) is 19.2 Å². The molecule has 10 nitrogen and oxygen atoms in total. The summed E-state index contributed by atoms with van der Waals surface area (Å²) in [4.78, 5) is 47.2. The summed E-state index contributed by atoms with van der Waals surface area (Å²) in [6.07, 6.45) is 16.1. The van der Waals surface area contributed by atoms with E-state index in [0.29, 0.717) is 6.61 Å². The maximum atomic E-state index is 12.0. The van der Waals surface area contributed by atoms with Crippen molar-refractivity contribution in [3.8, 4) is 0 Å². The molecule has 1 saturated heterocycles. The van der Waals surface area contributed by atoms with Crippen molar-refractivity contribution in [2.24, 2.45) is 0 Å². The summed E-state index contributed by atoms with van der Waals surface area (Å²) < 4.78 is 28.0. The Kier molecular flexibility index (Phi) is 21.0. The number of rotatable bonds is 23. The molecule has 1 aliphatic rings. The van der Waals surface area contributed by atoms with Gasteiger partial charge in [-0.05, 0) is 6.42 Å². The number of hydrogen-bond donors (Lipinski definition) is 1. The van der Waals surface area contributed by atoms with Crippen molar-refractivity contribution in [3.63, 3.8) is 0 Å². The van der Waals surface area contributed by atoms with Crippen LogP contribution in [0.5, 0.6) is 0 Å². The minimum Gasteiger partial charge on any atom is -0.463 e. The van der Waals surface area contributed by atoms with Gasteiger partial charge >= 0.3 is 17.9 Å². The standard InChI is InChI=1S/C32H57NO9/c1-6-7-8-9-10-11-12-13-14-15-16-17-18-19-20-21-22-38-32-29(33-24(2)34)31(41-27(5)37)30(40-26(4)36)28(42-32)23-39-25(3)35/h28-32H,6-23H2,1-5H3,(H,33,34). The number of nitrogens with one attached hydrogen (secondary N) is 1. The molecule has 5 unspecified atom stereocenters. The Morgan fingerprint density at radius 2 is 1.07 bits per heavy atom. The summed E-state index contributed by atoms with van der Waals surface area (Å²) in [5.41, 5.74) is 0. The molecular formula is C32H57NO9. The van der Waals surface area contributed by atoms with Gasteiger partial charge in [0.1, 0.15) is 18.8 Å². The Morgan fingerprint density at radius 1 is 0.619 bits per heavy atom. The second-order valence-corrected chi connectivity index (χ2v) is 11.4. The van der Waals surface area contributed by atoms with Crippen molar-refractivity contribution in [1.29, 1.82) is 0 Å². The molecule has 1 rings (SSSR count). The minimum atomic E-state index is -1.11. The largest absolute Gasteiger partial charge is 0.463 e. The maximum absolute atomic E-state index is 12.0. The zero-order chi connectivity index (χ0) is 31.2. The average Bonchev–Trinajstić information content (AvgIpc) is 2.91. The van der Waals surface area contributed by atoms with Gasteiger partial charge in [-0.3, -0.25) is 19.2 Å². The molecule has 0 saturated carbocycles. The molecule has 10 heteroatoms. The molecule has 1 fully saturated rings. The second kappa shape index (κ2) is 23.3. The third-order valence-electron chi connectivity index (χ3n) is 7.35. The molecule has 1 heterocycles. The van der Waals surface area contributed by atoms with Gasteiger partial charge in [0.2, 0.25) is 5.91 Å². The van der Waals surface area contributed by atoms with E-state index in [-0.39, 0.29) is 6.61 Å². The molecule has 0 bridgehead atoms. The third-order valence-corrected chi connectivity index (χ3v) is 7.35. The predicted molar refractivity (Wildman–Crippen MR) is 160 cm³/mol. The van der Waals surface area contributed by atoms with Crippen molar-refractivity contribution >= 4 is 23.8 Å². The van der Waals surface area contributed by atoms with E-state index in [2.05, 4.69) is 12.2 Å². The zero-order valence-electron chi connectivity index (χ0n) is 26.8. The molecule has 0 aromatic carbocycles. The number of unbranched alkanes of at least 4 members (excludes halogenated alkanes) is 15. The Morgan fingerprint density at radius 3 is 1.50 bits per heavy atom. The summed E-state index contributed by atoms with van der Waals surface area (Å²) in [7, 11) is 0. The van der Waals surface area contributed by atoms with Crippen LogP contribution in [0.15, 0.2) is 0 Å². The molecule has 5 atom stereocenters. The summed E-state index contributed by atoms with van der Waals surface area (Å²) in [5.74, 6) is -2.20. The van der Waals surface area contributed by atoms with E-state index >= 15 is 0 Å². The van der Waals surface area contributed by atoms with Crippen LogP contribution in [0.2, 0.25) is 0 Å². The highest BCUT2D eigenvalue weighted by Gasteiger charge is 2.51. The normalized spacial score (nSPS) is 21.9. The van der Waals surface area contributed by atoms with E-state index in [1.165, 1.54) is 111 Å². The summed E-state index contributed by atoms with van der Waals surface area (Å²) in [6.45, 7) is 7.39. The first kappa shape index (κ1) is 37.8. The van der Waals surface area contributed by atoms with Gasteiger partial charge in [-0.25, -0.2) is 0 Å². The smallest absolute Gasteiger partial charge is 0.303 e. The fraction of sp³-hybridized carbons (Fsp3) is 0.875. The lowest BCUT2D eigenvalue weighted by Gasteiger charge is -2.44. The van der Waals surface area contributed by atoms with Crippen LogP contribution in [0, 0.1) is 0 Å². The first-order chi connectivity index (χ1) is 20.1. The number of amides is 1. The van der Waals surface area contributed by atoms with Gasteiger partial charge < -0.3 is 29.0 Å². The Labute approximate surface area is 253 Å². The molecule has 0 radical (unpaired) electrons. The topological polar surface area (TPSA) is 126 Å². The number of hydrogen-bond acceptors (Lipinski definition) is 9. The van der Waals surface area contributed by atoms with Gasteiger partial charge in [0.15, 0.2) is 18.5 Å². The zero-order valence-corrected chi connectivity index (χ0v) is 26.8. The van der Waals surface area contributed by atoms with Crippen LogP contribution in [-0.2, 0) is 42.9 Å². The number of carbonyl (C=O) groups excluding carboxylic acids is 4. The number of esters is 3. The van der Waals surface area contributed by atoms with Crippen LogP contribution in [-0.4, -0.2) is 67.7 Å². The lowest BCUT2D eigenvalue weighted by molar-refractivity contribution is -0.277. The monoisotopic (exact) mass is 599 g/mol. The van der Waals surface area contributed by atoms with Gasteiger partial charge in [-0.2, -0.15) is 0 Å². The molecule has 0 aliphatic carbocycles. The van der Waals surface area contributed by atoms with Crippen LogP contribution in [0.1, 0.15) is 137 Å². The van der Waals surface area contributed by atoms with Crippen molar-refractivity contribution in [2.75, 3.05) is 13.2 Å². The Bertz CT molecular complexity index is 775. The molecule has 1 N–H and O–H groups in total. The molecule has 1 aliphatic heterocycles. The highest BCUT2D eigenvalue weighted by Crippen LogP contribution is 2.28. The van der Waals surface area contributed by atoms with Crippen LogP contribution < -0.4 is 5.32 Å². The van der Waals surface area contributed by atoms with E-state index in [4.69, 9.17) is 23.7 Å². The van der Waals surface area contributed by atoms with Crippen LogP contribution in [0.3, 0.4) is 0 Å². The first-order valence-electron chi connectivity index (χ1n) is 16.2. The first-order valence-corrected chi connectivity index (χ1v) is 16.2. The lowest BCUT2D eigenvalue weighted by atomic mass is 9.96. The summed E-state index contributed by atoms with van der Waals surface area (Å²) >= 11 is 0. The van der Waals surface area contributed by atoms with E-state index in [1.807, 2.05) is 0 Å². The van der Waals surface area contributed by atoms with E-state index in [1.54, 1.807) is 0 Å².